The van der Waals surface area contributed by atoms with Crippen LogP contribution in [0.5, 0.6) is 11.5 Å². The molecule has 1 unspecified atom stereocenters. The Hall–Kier alpha value is -1.75. The molecule has 1 atom stereocenters. The summed E-state index contributed by atoms with van der Waals surface area (Å²) in [5, 5.41) is 3.06. The molecule has 3 N–H and O–H groups in total. The molecule has 1 amide bonds. The van der Waals surface area contributed by atoms with Gasteiger partial charge in [0.25, 0.3) is 0 Å². The maximum atomic E-state index is 11.8. The molecule has 2 rings (SSSR count). The van der Waals surface area contributed by atoms with Crippen LogP contribution in [0.3, 0.4) is 0 Å². The fourth-order valence-corrected chi connectivity index (χ4v) is 2.41. The van der Waals surface area contributed by atoms with Crippen molar-refractivity contribution >= 4 is 5.91 Å². The van der Waals surface area contributed by atoms with E-state index >= 15 is 0 Å². The molecule has 0 aromatic heterocycles. The minimum atomic E-state index is -0.766. The summed E-state index contributed by atoms with van der Waals surface area (Å²) < 4.78 is 11.3. The molecule has 1 aromatic carbocycles. The second kappa shape index (κ2) is 6.80. The zero-order chi connectivity index (χ0) is 15.3. The fraction of sp³-hybridized carbons (Fsp3) is 0.562. The number of primary amides is 1. The Morgan fingerprint density at radius 2 is 1.86 bits per heavy atom. The Kier molecular flexibility index (Phi) is 5.07. The molecule has 5 heteroatoms. The number of carbonyl (C=O) groups is 1. The predicted octanol–water partition coefficient (Wildman–Crippen LogP) is 1.71. The van der Waals surface area contributed by atoms with Gasteiger partial charge in [-0.2, -0.15) is 0 Å². The van der Waals surface area contributed by atoms with E-state index in [1.165, 1.54) is 0 Å². The number of nitrogens with two attached hydrogens (primary N) is 1. The van der Waals surface area contributed by atoms with E-state index in [2.05, 4.69) is 12.2 Å². The maximum Gasteiger partial charge on any atom is 0.241 e. The van der Waals surface area contributed by atoms with Gasteiger partial charge in [-0.25, -0.2) is 0 Å². The van der Waals surface area contributed by atoms with E-state index in [0.29, 0.717) is 12.4 Å². The third kappa shape index (κ3) is 3.67. The lowest BCUT2D eigenvalue weighted by Crippen LogP contribution is -2.59. The molecule has 1 aliphatic carbocycles. The van der Waals surface area contributed by atoms with Crippen LogP contribution in [0.15, 0.2) is 24.3 Å². The molecule has 1 aliphatic rings. The lowest BCUT2D eigenvalue weighted by Gasteiger charge is -2.30. The van der Waals surface area contributed by atoms with Gasteiger partial charge in [-0.1, -0.05) is 6.92 Å². The Bertz CT molecular complexity index is 471. The van der Waals surface area contributed by atoms with Crippen LogP contribution in [0.25, 0.3) is 0 Å². The molecule has 0 saturated heterocycles. The summed E-state index contributed by atoms with van der Waals surface area (Å²) in [7, 11) is 1.76. The van der Waals surface area contributed by atoms with Crippen molar-refractivity contribution < 1.29 is 14.3 Å². The van der Waals surface area contributed by atoms with E-state index in [9.17, 15) is 4.79 Å². The Morgan fingerprint density at radius 1 is 1.29 bits per heavy atom. The molecule has 0 aliphatic heterocycles. The van der Waals surface area contributed by atoms with Crippen molar-refractivity contribution in [3.05, 3.63) is 24.3 Å². The zero-order valence-corrected chi connectivity index (χ0v) is 12.7. The van der Waals surface area contributed by atoms with E-state index < -0.39 is 5.54 Å². The van der Waals surface area contributed by atoms with Crippen molar-refractivity contribution in [3.8, 4) is 11.5 Å². The molecule has 0 bridgehead atoms. The largest absolute Gasteiger partial charge is 0.494 e. The van der Waals surface area contributed by atoms with Gasteiger partial charge in [0.05, 0.1) is 6.61 Å². The van der Waals surface area contributed by atoms with Gasteiger partial charge in [0.2, 0.25) is 5.91 Å². The number of amides is 1. The van der Waals surface area contributed by atoms with Crippen LogP contribution >= 0.6 is 0 Å². The SMILES string of the molecule is CCCOc1ccc(OCC(NC)(C(N)=O)C2CC2)cc1. The summed E-state index contributed by atoms with van der Waals surface area (Å²) in [6.45, 7) is 3.02. The maximum absolute atomic E-state index is 11.8. The number of hydrogen-bond acceptors (Lipinski definition) is 4. The van der Waals surface area contributed by atoms with E-state index in [4.69, 9.17) is 15.2 Å². The topological polar surface area (TPSA) is 73.6 Å². The van der Waals surface area contributed by atoms with E-state index in [1.807, 2.05) is 24.3 Å². The lowest BCUT2D eigenvalue weighted by molar-refractivity contribution is -0.126. The quantitative estimate of drug-likeness (QED) is 0.726. The third-order valence-corrected chi connectivity index (χ3v) is 3.92. The molecule has 5 nitrogen and oxygen atoms in total. The van der Waals surface area contributed by atoms with Gasteiger partial charge in [0.1, 0.15) is 23.6 Å². The molecular weight excluding hydrogens is 268 g/mol. The second-order valence-electron chi connectivity index (χ2n) is 5.47. The number of nitrogens with one attached hydrogen (secondary N) is 1. The summed E-state index contributed by atoms with van der Waals surface area (Å²) in [5.74, 6) is 1.45. The first-order chi connectivity index (χ1) is 10.1. The highest BCUT2D eigenvalue weighted by Gasteiger charge is 2.49. The van der Waals surface area contributed by atoms with Crippen LogP contribution in [0.4, 0.5) is 0 Å². The van der Waals surface area contributed by atoms with Gasteiger partial charge in [-0.15, -0.1) is 0 Å². The van der Waals surface area contributed by atoms with Crippen molar-refractivity contribution in [2.45, 2.75) is 31.7 Å². The molecule has 0 spiro atoms. The summed E-state index contributed by atoms with van der Waals surface area (Å²) in [6.07, 6.45) is 3.00. The predicted molar refractivity (Wildman–Crippen MR) is 81.4 cm³/mol. The molecule has 0 heterocycles. The second-order valence-corrected chi connectivity index (χ2v) is 5.47. The van der Waals surface area contributed by atoms with Crippen LogP contribution in [0.2, 0.25) is 0 Å². The third-order valence-electron chi connectivity index (χ3n) is 3.92. The number of rotatable bonds is 9. The van der Waals surface area contributed by atoms with Crippen LogP contribution < -0.4 is 20.5 Å². The first kappa shape index (κ1) is 15.6. The monoisotopic (exact) mass is 292 g/mol. The highest BCUT2D eigenvalue weighted by molar-refractivity contribution is 5.85. The van der Waals surface area contributed by atoms with Crippen LogP contribution in [-0.2, 0) is 4.79 Å². The minimum Gasteiger partial charge on any atom is -0.494 e. The highest BCUT2D eigenvalue weighted by Crippen LogP contribution is 2.39. The Morgan fingerprint density at radius 3 is 2.29 bits per heavy atom. The molecule has 0 radical (unpaired) electrons. The van der Waals surface area contributed by atoms with Crippen molar-refractivity contribution in [3.63, 3.8) is 0 Å². The van der Waals surface area contributed by atoms with Gasteiger partial charge in [-0.05, 0) is 56.5 Å². The normalized spacial score (nSPS) is 17.0. The van der Waals surface area contributed by atoms with E-state index in [-0.39, 0.29) is 18.4 Å². The van der Waals surface area contributed by atoms with Gasteiger partial charge < -0.3 is 20.5 Å². The zero-order valence-electron chi connectivity index (χ0n) is 12.7. The molecular formula is C16H24N2O3. The number of likely N-dealkylation sites (N-methyl/N-ethyl adjacent to an activating group) is 1. The summed E-state index contributed by atoms with van der Waals surface area (Å²) in [6, 6.07) is 7.43. The van der Waals surface area contributed by atoms with E-state index in [1.54, 1.807) is 7.05 Å². The summed E-state index contributed by atoms with van der Waals surface area (Å²) >= 11 is 0. The Balaban J connectivity index is 1.96. The van der Waals surface area contributed by atoms with E-state index in [0.717, 1.165) is 25.0 Å². The first-order valence-electron chi connectivity index (χ1n) is 7.47. The molecule has 1 saturated carbocycles. The highest BCUT2D eigenvalue weighted by atomic mass is 16.5. The lowest BCUT2D eigenvalue weighted by atomic mass is 9.93. The average Bonchev–Trinajstić information content (AvgIpc) is 3.32. The molecule has 116 valence electrons. The van der Waals surface area contributed by atoms with Gasteiger partial charge in [0, 0.05) is 0 Å². The number of hydrogen-bond donors (Lipinski definition) is 2. The minimum absolute atomic E-state index is 0.249. The van der Waals surface area contributed by atoms with Crippen molar-refractivity contribution in [2.75, 3.05) is 20.3 Å². The first-order valence-corrected chi connectivity index (χ1v) is 7.47. The van der Waals surface area contributed by atoms with Gasteiger partial charge in [-0.3, -0.25) is 4.79 Å². The van der Waals surface area contributed by atoms with Crippen molar-refractivity contribution in [1.29, 1.82) is 0 Å². The van der Waals surface area contributed by atoms with Gasteiger partial charge >= 0.3 is 0 Å². The van der Waals surface area contributed by atoms with Crippen molar-refractivity contribution in [1.82, 2.24) is 5.32 Å². The number of ether oxygens (including phenoxy) is 2. The number of benzene rings is 1. The van der Waals surface area contributed by atoms with Crippen LogP contribution in [0, 0.1) is 5.92 Å². The standard InChI is InChI=1S/C16H24N2O3/c1-3-10-20-13-6-8-14(9-7-13)21-11-16(18-2,15(17)19)12-4-5-12/h6-9,12,18H,3-5,10-11H2,1-2H3,(H2,17,19). The fourth-order valence-electron chi connectivity index (χ4n) is 2.41. The number of carbonyl (C=O) groups excluding carboxylic acids is 1. The Labute approximate surface area is 125 Å². The van der Waals surface area contributed by atoms with Crippen LogP contribution in [-0.4, -0.2) is 31.7 Å². The summed E-state index contributed by atoms with van der Waals surface area (Å²) in [4.78, 5) is 11.8. The summed E-state index contributed by atoms with van der Waals surface area (Å²) in [5.41, 5.74) is 4.80. The molecule has 1 fully saturated rings. The van der Waals surface area contributed by atoms with Crippen LogP contribution in [0.1, 0.15) is 26.2 Å². The van der Waals surface area contributed by atoms with Crippen molar-refractivity contribution in [2.24, 2.45) is 11.7 Å². The molecule has 21 heavy (non-hydrogen) atoms. The smallest absolute Gasteiger partial charge is 0.241 e. The average molecular weight is 292 g/mol. The molecule has 1 aromatic rings. The van der Waals surface area contributed by atoms with Gasteiger partial charge in [0.15, 0.2) is 0 Å².